The molecule has 5 heteroatoms. The lowest BCUT2D eigenvalue weighted by molar-refractivity contribution is -0.118. The van der Waals surface area contributed by atoms with Crippen LogP contribution < -0.4 is 10.2 Å². The lowest BCUT2D eigenvalue weighted by Crippen LogP contribution is -2.36. The maximum absolute atomic E-state index is 13.1. The number of amides is 1. The SMILES string of the molecule is CC1Cc2ccccc2N1C(=O)CCNc1ccc(F)c(F)c1. The van der Waals surface area contributed by atoms with Crippen LogP contribution in [0.3, 0.4) is 0 Å². The van der Waals surface area contributed by atoms with Gasteiger partial charge >= 0.3 is 0 Å². The highest BCUT2D eigenvalue weighted by molar-refractivity contribution is 5.96. The molecule has 1 heterocycles. The van der Waals surface area contributed by atoms with Gasteiger partial charge in [-0.3, -0.25) is 4.79 Å². The summed E-state index contributed by atoms with van der Waals surface area (Å²) in [4.78, 5) is 14.3. The summed E-state index contributed by atoms with van der Waals surface area (Å²) >= 11 is 0. The van der Waals surface area contributed by atoms with Crippen LogP contribution in [0.4, 0.5) is 20.2 Å². The molecule has 3 rings (SSSR count). The Balaban J connectivity index is 1.60. The van der Waals surface area contributed by atoms with Crippen LogP contribution in [-0.4, -0.2) is 18.5 Å². The molecule has 1 aliphatic rings. The molecule has 2 aromatic carbocycles. The van der Waals surface area contributed by atoms with Crippen LogP contribution in [0.15, 0.2) is 42.5 Å². The zero-order valence-corrected chi connectivity index (χ0v) is 12.9. The normalized spacial score (nSPS) is 16.3. The van der Waals surface area contributed by atoms with Crippen LogP contribution >= 0.6 is 0 Å². The maximum atomic E-state index is 13.1. The van der Waals surface area contributed by atoms with Crippen molar-refractivity contribution >= 4 is 17.3 Å². The molecule has 0 bridgehead atoms. The van der Waals surface area contributed by atoms with E-state index in [1.54, 1.807) is 0 Å². The van der Waals surface area contributed by atoms with Gasteiger partial charge in [0.25, 0.3) is 0 Å². The first kappa shape index (κ1) is 15.5. The molecule has 0 fully saturated rings. The number of anilines is 2. The Morgan fingerprint density at radius 2 is 2.00 bits per heavy atom. The summed E-state index contributed by atoms with van der Waals surface area (Å²) in [6.07, 6.45) is 1.15. The van der Waals surface area contributed by atoms with E-state index in [2.05, 4.69) is 5.32 Å². The standard InChI is InChI=1S/C18H18F2N2O/c1-12-10-13-4-2-3-5-17(13)22(12)18(23)8-9-21-14-6-7-15(19)16(20)11-14/h2-7,11-12,21H,8-10H2,1H3. The predicted octanol–water partition coefficient (Wildman–Crippen LogP) is 3.74. The van der Waals surface area contributed by atoms with Gasteiger partial charge in [0.1, 0.15) is 0 Å². The second-order valence-electron chi connectivity index (χ2n) is 5.75. The highest BCUT2D eigenvalue weighted by Gasteiger charge is 2.29. The maximum Gasteiger partial charge on any atom is 0.229 e. The van der Waals surface area contributed by atoms with Crippen molar-refractivity contribution in [3.63, 3.8) is 0 Å². The molecule has 0 aromatic heterocycles. The van der Waals surface area contributed by atoms with E-state index in [9.17, 15) is 13.6 Å². The Labute approximate surface area is 133 Å². The predicted molar refractivity (Wildman–Crippen MR) is 86.6 cm³/mol. The van der Waals surface area contributed by atoms with Crippen molar-refractivity contribution in [3.05, 3.63) is 59.7 Å². The summed E-state index contributed by atoms with van der Waals surface area (Å²) in [7, 11) is 0. The van der Waals surface area contributed by atoms with Crippen molar-refractivity contribution < 1.29 is 13.6 Å². The molecule has 0 aliphatic carbocycles. The van der Waals surface area contributed by atoms with Crippen molar-refractivity contribution in [3.8, 4) is 0 Å². The first-order valence-corrected chi connectivity index (χ1v) is 7.65. The Morgan fingerprint density at radius 3 is 2.78 bits per heavy atom. The van der Waals surface area contributed by atoms with Gasteiger partial charge < -0.3 is 10.2 Å². The summed E-state index contributed by atoms with van der Waals surface area (Å²) in [6, 6.07) is 11.7. The minimum Gasteiger partial charge on any atom is -0.384 e. The highest BCUT2D eigenvalue weighted by Crippen LogP contribution is 2.32. The number of benzene rings is 2. The van der Waals surface area contributed by atoms with Gasteiger partial charge in [-0.05, 0) is 43.2 Å². The molecular formula is C18H18F2N2O. The van der Waals surface area contributed by atoms with Gasteiger partial charge in [-0.15, -0.1) is 0 Å². The number of halogens is 2. The average molecular weight is 316 g/mol. The van der Waals surface area contributed by atoms with E-state index in [1.165, 1.54) is 11.6 Å². The van der Waals surface area contributed by atoms with Crippen molar-refractivity contribution in [1.29, 1.82) is 0 Å². The molecule has 3 nitrogen and oxygen atoms in total. The molecule has 23 heavy (non-hydrogen) atoms. The minimum absolute atomic E-state index is 0.0255. The third-order valence-corrected chi connectivity index (χ3v) is 4.06. The van der Waals surface area contributed by atoms with Gasteiger partial charge in [0.05, 0.1) is 0 Å². The minimum atomic E-state index is -0.900. The molecule has 1 atom stereocenters. The number of para-hydroxylation sites is 1. The summed E-state index contributed by atoms with van der Waals surface area (Å²) in [5, 5.41) is 2.95. The summed E-state index contributed by atoms with van der Waals surface area (Å²) in [5.74, 6) is -1.75. The number of nitrogens with zero attached hydrogens (tertiary/aromatic N) is 1. The molecule has 120 valence electrons. The fourth-order valence-electron chi connectivity index (χ4n) is 2.99. The molecule has 1 unspecified atom stereocenters. The number of carbonyl (C=O) groups excluding carboxylic acids is 1. The summed E-state index contributed by atoms with van der Waals surface area (Å²) in [6.45, 7) is 2.40. The van der Waals surface area contributed by atoms with Crippen LogP contribution in [0, 0.1) is 11.6 Å². The Hall–Kier alpha value is -2.43. The van der Waals surface area contributed by atoms with Crippen molar-refractivity contribution in [2.45, 2.75) is 25.8 Å². The smallest absolute Gasteiger partial charge is 0.229 e. The first-order chi connectivity index (χ1) is 11.1. The third-order valence-electron chi connectivity index (χ3n) is 4.06. The molecule has 0 radical (unpaired) electrons. The number of nitrogens with one attached hydrogen (secondary N) is 1. The third kappa shape index (κ3) is 3.18. The number of fused-ring (bicyclic) bond motifs is 1. The highest BCUT2D eigenvalue weighted by atomic mass is 19.2. The van der Waals surface area contributed by atoms with Gasteiger partial charge in [-0.1, -0.05) is 18.2 Å². The largest absolute Gasteiger partial charge is 0.384 e. The molecule has 0 saturated carbocycles. The lowest BCUT2D eigenvalue weighted by atomic mass is 10.1. The van der Waals surface area contributed by atoms with Crippen LogP contribution in [0.25, 0.3) is 0 Å². The summed E-state index contributed by atoms with van der Waals surface area (Å²) < 4.78 is 26.0. The van der Waals surface area contributed by atoms with Gasteiger partial charge in [0.15, 0.2) is 11.6 Å². The van der Waals surface area contributed by atoms with Crippen LogP contribution in [-0.2, 0) is 11.2 Å². The van der Waals surface area contributed by atoms with Crippen LogP contribution in [0.1, 0.15) is 18.9 Å². The zero-order chi connectivity index (χ0) is 16.4. The lowest BCUT2D eigenvalue weighted by Gasteiger charge is -2.23. The second-order valence-corrected chi connectivity index (χ2v) is 5.75. The van der Waals surface area contributed by atoms with Crippen molar-refractivity contribution in [2.75, 3.05) is 16.8 Å². The second kappa shape index (κ2) is 6.36. The van der Waals surface area contributed by atoms with Gasteiger partial charge in [-0.25, -0.2) is 8.78 Å². The number of hydrogen-bond donors (Lipinski definition) is 1. The van der Waals surface area contributed by atoms with E-state index < -0.39 is 11.6 Å². The van der Waals surface area contributed by atoms with Crippen molar-refractivity contribution in [2.24, 2.45) is 0 Å². The molecule has 1 N–H and O–H groups in total. The Bertz CT molecular complexity index is 733. The van der Waals surface area contributed by atoms with E-state index >= 15 is 0 Å². The molecule has 0 spiro atoms. The van der Waals surface area contributed by atoms with Gasteiger partial charge in [0.2, 0.25) is 5.91 Å². The van der Waals surface area contributed by atoms with E-state index in [4.69, 9.17) is 0 Å². The monoisotopic (exact) mass is 316 g/mol. The zero-order valence-electron chi connectivity index (χ0n) is 12.9. The first-order valence-electron chi connectivity index (χ1n) is 7.65. The number of rotatable bonds is 4. The van der Waals surface area contributed by atoms with Crippen molar-refractivity contribution in [1.82, 2.24) is 0 Å². The van der Waals surface area contributed by atoms with Gasteiger partial charge in [-0.2, -0.15) is 0 Å². The van der Waals surface area contributed by atoms with Gasteiger partial charge in [0, 0.05) is 30.4 Å². The number of hydrogen-bond acceptors (Lipinski definition) is 2. The van der Waals surface area contributed by atoms with Crippen LogP contribution in [0.5, 0.6) is 0 Å². The van der Waals surface area contributed by atoms with E-state index in [0.717, 1.165) is 24.2 Å². The quantitative estimate of drug-likeness (QED) is 0.932. The topological polar surface area (TPSA) is 32.3 Å². The van der Waals surface area contributed by atoms with Crippen LogP contribution in [0.2, 0.25) is 0 Å². The fourth-order valence-corrected chi connectivity index (χ4v) is 2.99. The Morgan fingerprint density at radius 1 is 1.22 bits per heavy atom. The van der Waals surface area contributed by atoms with E-state index in [0.29, 0.717) is 12.2 Å². The fraction of sp³-hybridized carbons (Fsp3) is 0.278. The van der Waals surface area contributed by atoms with E-state index in [-0.39, 0.29) is 18.4 Å². The molecule has 0 saturated heterocycles. The average Bonchev–Trinajstić information content (AvgIpc) is 2.86. The Kier molecular flexibility index (Phi) is 4.28. The van der Waals surface area contributed by atoms with E-state index in [1.807, 2.05) is 36.1 Å². The molecule has 1 aliphatic heterocycles. The molecule has 1 amide bonds. The summed E-state index contributed by atoms with van der Waals surface area (Å²) in [5.41, 5.74) is 2.62. The molecular weight excluding hydrogens is 298 g/mol. The number of carbonyl (C=O) groups is 1. The molecule has 2 aromatic rings.